The summed E-state index contributed by atoms with van der Waals surface area (Å²) in [6.45, 7) is 5.32. The predicted molar refractivity (Wildman–Crippen MR) is 112 cm³/mol. The van der Waals surface area contributed by atoms with E-state index in [0.29, 0.717) is 30.4 Å². The van der Waals surface area contributed by atoms with Gasteiger partial charge in [-0.2, -0.15) is 0 Å². The van der Waals surface area contributed by atoms with E-state index in [1.54, 1.807) is 32.0 Å². The lowest BCUT2D eigenvalue weighted by molar-refractivity contribution is -0.164. The number of halogens is 3. The van der Waals surface area contributed by atoms with Crippen LogP contribution in [0.2, 0.25) is 0 Å². The van der Waals surface area contributed by atoms with Gasteiger partial charge in [0, 0.05) is 0 Å². The van der Waals surface area contributed by atoms with Crippen LogP contribution in [0.1, 0.15) is 57.6 Å². The van der Waals surface area contributed by atoms with Crippen molar-refractivity contribution in [3.63, 3.8) is 0 Å². The fourth-order valence-corrected chi connectivity index (χ4v) is 4.79. The molecule has 2 aliphatic rings. The smallest absolute Gasteiger partial charge is 0.198 e. The molecule has 1 saturated carbocycles. The Morgan fingerprint density at radius 3 is 2.19 bits per heavy atom. The van der Waals surface area contributed by atoms with E-state index < -0.39 is 28.7 Å². The molecule has 4 rings (SSSR count). The minimum absolute atomic E-state index is 0.0318. The zero-order valence-corrected chi connectivity index (χ0v) is 17.8. The Hall–Kier alpha value is -2.60. The highest BCUT2D eigenvalue weighted by molar-refractivity contribution is 6.26. The predicted octanol–water partition coefficient (Wildman–Crippen LogP) is 6.29. The van der Waals surface area contributed by atoms with Crippen LogP contribution in [-0.2, 0) is 16.0 Å². The number of hydrogen-bond donors (Lipinski definition) is 1. The summed E-state index contributed by atoms with van der Waals surface area (Å²) in [6.07, 6.45) is 3.62. The van der Waals surface area contributed by atoms with E-state index in [1.165, 1.54) is 0 Å². The van der Waals surface area contributed by atoms with Gasteiger partial charge in [-0.1, -0.05) is 25.1 Å². The molecule has 0 unspecified atom stereocenters. The number of hydrogen-bond acceptors (Lipinski definition) is 3. The van der Waals surface area contributed by atoms with Crippen LogP contribution in [0, 0.1) is 17.5 Å². The van der Waals surface area contributed by atoms with Gasteiger partial charge < -0.3 is 9.84 Å². The first kappa shape index (κ1) is 21.6. The van der Waals surface area contributed by atoms with Crippen LogP contribution in [-0.4, -0.2) is 22.1 Å². The molecular formula is C25H25F3O3. The molecule has 0 bridgehead atoms. The Kier molecular flexibility index (Phi) is 5.24. The van der Waals surface area contributed by atoms with Crippen LogP contribution in [0.25, 0.3) is 16.7 Å². The van der Waals surface area contributed by atoms with Crippen molar-refractivity contribution in [1.29, 1.82) is 0 Å². The number of ketones is 1. The van der Waals surface area contributed by atoms with Gasteiger partial charge in [-0.15, -0.1) is 0 Å². The topological polar surface area (TPSA) is 46.5 Å². The van der Waals surface area contributed by atoms with Gasteiger partial charge in [-0.05, 0) is 80.3 Å². The van der Waals surface area contributed by atoms with Crippen LogP contribution in [0.3, 0.4) is 0 Å². The van der Waals surface area contributed by atoms with Crippen LogP contribution >= 0.6 is 0 Å². The minimum Gasteiger partial charge on any atom is -0.508 e. The quantitative estimate of drug-likeness (QED) is 0.582. The number of rotatable bonds is 3. The SMILES string of the molecule is CCc1cc(-c2cc(F)c(F)c(F)c2)ccc1C1=C(O)C2(CCCC2)OC(C)(C)C1=O. The molecule has 0 saturated heterocycles. The second-order valence-corrected chi connectivity index (χ2v) is 8.85. The molecule has 3 nitrogen and oxygen atoms in total. The molecule has 2 aromatic rings. The fourth-order valence-electron chi connectivity index (χ4n) is 4.79. The zero-order valence-electron chi connectivity index (χ0n) is 17.8. The van der Waals surface area contributed by atoms with E-state index in [9.17, 15) is 23.1 Å². The maximum atomic E-state index is 13.7. The maximum absolute atomic E-state index is 13.7. The molecule has 0 aromatic heterocycles. The largest absolute Gasteiger partial charge is 0.508 e. The minimum atomic E-state index is -1.51. The van der Waals surface area contributed by atoms with Gasteiger partial charge in [0.25, 0.3) is 0 Å². The van der Waals surface area contributed by atoms with Gasteiger partial charge >= 0.3 is 0 Å². The molecule has 0 amide bonds. The third-order valence-corrected chi connectivity index (χ3v) is 6.38. The Labute approximate surface area is 179 Å². The van der Waals surface area contributed by atoms with E-state index in [4.69, 9.17) is 4.74 Å². The Morgan fingerprint density at radius 2 is 1.61 bits per heavy atom. The fraction of sp³-hybridized carbons (Fsp3) is 0.400. The molecule has 1 heterocycles. The summed E-state index contributed by atoms with van der Waals surface area (Å²) in [7, 11) is 0. The van der Waals surface area contributed by atoms with Gasteiger partial charge in [0.1, 0.15) is 17.0 Å². The monoisotopic (exact) mass is 430 g/mol. The second kappa shape index (κ2) is 7.52. The number of ether oxygens (including phenoxy) is 1. The molecule has 1 aliphatic heterocycles. The molecular weight excluding hydrogens is 405 g/mol. The number of aliphatic hydroxyl groups is 1. The molecule has 6 heteroatoms. The summed E-state index contributed by atoms with van der Waals surface area (Å²) in [4.78, 5) is 13.3. The average Bonchev–Trinajstić information content (AvgIpc) is 3.19. The Bertz CT molecular complexity index is 1070. The van der Waals surface area contributed by atoms with Gasteiger partial charge in [0.15, 0.2) is 23.2 Å². The number of Topliss-reactive ketones (excluding diaryl/α,β-unsaturated/α-hetero) is 1. The van der Waals surface area contributed by atoms with Crippen molar-refractivity contribution in [2.24, 2.45) is 0 Å². The van der Waals surface area contributed by atoms with Crippen molar-refractivity contribution in [1.82, 2.24) is 0 Å². The van der Waals surface area contributed by atoms with Crippen LogP contribution in [0.4, 0.5) is 13.2 Å². The first-order valence-electron chi connectivity index (χ1n) is 10.6. The summed E-state index contributed by atoms with van der Waals surface area (Å²) in [5.41, 5.74) is 0.314. The average molecular weight is 430 g/mol. The van der Waals surface area contributed by atoms with E-state index in [2.05, 4.69) is 0 Å². The highest BCUT2D eigenvalue weighted by atomic mass is 19.2. The van der Waals surface area contributed by atoms with Crippen molar-refractivity contribution in [2.75, 3.05) is 0 Å². The second-order valence-electron chi connectivity index (χ2n) is 8.85. The molecule has 31 heavy (non-hydrogen) atoms. The van der Waals surface area contributed by atoms with Crippen molar-refractivity contribution in [3.05, 3.63) is 64.7 Å². The summed E-state index contributed by atoms with van der Waals surface area (Å²) in [5, 5.41) is 11.2. The highest BCUT2D eigenvalue weighted by Crippen LogP contribution is 2.49. The summed E-state index contributed by atoms with van der Waals surface area (Å²) >= 11 is 0. The Morgan fingerprint density at radius 1 is 1.00 bits per heavy atom. The number of benzene rings is 2. The van der Waals surface area contributed by atoms with Gasteiger partial charge in [0.2, 0.25) is 0 Å². The molecule has 0 atom stereocenters. The molecule has 1 N–H and O–H groups in total. The van der Waals surface area contributed by atoms with Crippen LogP contribution < -0.4 is 0 Å². The third-order valence-electron chi connectivity index (χ3n) is 6.38. The van der Waals surface area contributed by atoms with Crippen molar-refractivity contribution in [3.8, 4) is 11.1 Å². The number of carbonyl (C=O) groups excluding carboxylic acids is 1. The summed E-state index contributed by atoms with van der Waals surface area (Å²) in [5.74, 6) is -4.37. The summed E-state index contributed by atoms with van der Waals surface area (Å²) < 4.78 is 46.9. The molecule has 1 fully saturated rings. The Balaban J connectivity index is 1.87. The van der Waals surface area contributed by atoms with Gasteiger partial charge in [-0.3, -0.25) is 4.79 Å². The lowest BCUT2D eigenvalue weighted by atomic mass is 9.79. The van der Waals surface area contributed by atoms with Crippen molar-refractivity contribution < 1.29 is 27.8 Å². The van der Waals surface area contributed by atoms with E-state index in [1.807, 2.05) is 6.92 Å². The van der Waals surface area contributed by atoms with Crippen LogP contribution in [0.5, 0.6) is 0 Å². The molecule has 1 aliphatic carbocycles. The van der Waals surface area contributed by atoms with Crippen LogP contribution in [0.15, 0.2) is 36.1 Å². The van der Waals surface area contributed by atoms with Crippen molar-refractivity contribution in [2.45, 2.75) is 64.1 Å². The van der Waals surface area contributed by atoms with Crippen molar-refractivity contribution >= 4 is 11.4 Å². The third kappa shape index (κ3) is 3.47. The standard InChI is InChI=1S/C25H25F3O3/c1-4-14-11-15(16-12-18(26)21(28)19(27)13-16)7-8-17(14)20-22(29)24(2,3)31-25(23(20)30)9-5-6-10-25/h7-8,11-13,30H,4-6,9-10H2,1-3H3. The maximum Gasteiger partial charge on any atom is 0.198 e. The number of carbonyl (C=O) groups is 1. The first-order chi connectivity index (χ1) is 14.6. The van der Waals surface area contributed by atoms with E-state index >= 15 is 0 Å². The lowest BCUT2D eigenvalue weighted by Gasteiger charge is -2.42. The summed E-state index contributed by atoms with van der Waals surface area (Å²) in [6, 6.07) is 6.91. The first-order valence-corrected chi connectivity index (χ1v) is 10.6. The van der Waals surface area contributed by atoms with Gasteiger partial charge in [-0.25, -0.2) is 13.2 Å². The van der Waals surface area contributed by atoms with Gasteiger partial charge in [0.05, 0.1) is 5.57 Å². The molecule has 1 spiro atoms. The lowest BCUT2D eigenvalue weighted by Crippen LogP contribution is -2.51. The zero-order chi connectivity index (χ0) is 22.6. The van der Waals surface area contributed by atoms with E-state index in [-0.39, 0.29) is 22.7 Å². The highest BCUT2D eigenvalue weighted by Gasteiger charge is 2.53. The number of aliphatic hydroxyl groups excluding tert-OH is 1. The normalized spacial score (nSPS) is 20.0. The molecule has 164 valence electrons. The molecule has 0 radical (unpaired) electrons. The number of aryl methyl sites for hydroxylation is 1. The van der Waals surface area contributed by atoms with E-state index in [0.717, 1.165) is 30.5 Å². The molecule has 2 aromatic carbocycles.